The van der Waals surface area contributed by atoms with Gasteiger partial charge in [0.05, 0.1) is 30.6 Å². The Balaban J connectivity index is 2.10. The summed E-state index contributed by atoms with van der Waals surface area (Å²) in [6, 6.07) is 7.08. The van der Waals surface area contributed by atoms with E-state index in [1.165, 1.54) is 4.80 Å². The van der Waals surface area contributed by atoms with Crippen LogP contribution in [0.1, 0.15) is 40.2 Å². The Morgan fingerprint density at radius 2 is 2.19 bits per heavy atom. The van der Waals surface area contributed by atoms with E-state index in [-0.39, 0.29) is 18.9 Å². The summed E-state index contributed by atoms with van der Waals surface area (Å²) in [4.78, 5) is 17.4. The van der Waals surface area contributed by atoms with Crippen LogP contribution in [0.4, 0.5) is 0 Å². The maximum atomic E-state index is 13.1. The standard InChI is InChI=1S/C17H18BrN5O3/c1-9-13(16(26)11-4-3-5-12(18)8-11)15(10(2)25)19-14(9)17-20-22-23(21-17)6-7-24/h3-5,8,10,19,24-25H,6-7H2,1-2H3. The molecule has 2 heterocycles. The molecule has 0 saturated heterocycles. The minimum Gasteiger partial charge on any atom is -0.394 e. The predicted octanol–water partition coefficient (Wildman–Crippen LogP) is 2.02. The maximum absolute atomic E-state index is 13.1. The molecule has 0 aliphatic carbocycles. The largest absolute Gasteiger partial charge is 0.394 e. The molecule has 0 aliphatic heterocycles. The van der Waals surface area contributed by atoms with Gasteiger partial charge in [0.2, 0.25) is 5.82 Å². The molecule has 0 radical (unpaired) electrons. The van der Waals surface area contributed by atoms with Crippen LogP contribution in [0.5, 0.6) is 0 Å². The Labute approximate surface area is 158 Å². The van der Waals surface area contributed by atoms with Gasteiger partial charge in [-0.1, -0.05) is 28.1 Å². The number of H-pyrrole nitrogens is 1. The molecule has 2 aromatic heterocycles. The summed E-state index contributed by atoms with van der Waals surface area (Å²) in [6.45, 7) is 3.48. The zero-order chi connectivity index (χ0) is 18.8. The van der Waals surface area contributed by atoms with E-state index in [1.807, 2.05) is 6.07 Å². The van der Waals surface area contributed by atoms with E-state index in [2.05, 4.69) is 36.3 Å². The minimum absolute atomic E-state index is 0.106. The number of nitrogens with one attached hydrogen (secondary N) is 1. The van der Waals surface area contributed by atoms with Crippen LogP contribution >= 0.6 is 15.9 Å². The second-order valence-corrected chi connectivity index (χ2v) is 6.78. The maximum Gasteiger partial charge on any atom is 0.221 e. The molecule has 0 fully saturated rings. The van der Waals surface area contributed by atoms with Gasteiger partial charge >= 0.3 is 0 Å². The highest BCUT2D eigenvalue weighted by Gasteiger charge is 2.26. The van der Waals surface area contributed by atoms with Crippen molar-refractivity contribution >= 4 is 21.7 Å². The molecule has 1 aromatic carbocycles. The summed E-state index contributed by atoms with van der Waals surface area (Å²) in [7, 11) is 0. The minimum atomic E-state index is -0.874. The second kappa shape index (κ2) is 7.48. The van der Waals surface area contributed by atoms with Crippen molar-refractivity contribution in [3.05, 3.63) is 51.1 Å². The lowest BCUT2D eigenvalue weighted by Crippen LogP contribution is -2.07. The third kappa shape index (κ3) is 3.46. The lowest BCUT2D eigenvalue weighted by Gasteiger charge is -2.07. The number of halogens is 1. The average Bonchev–Trinajstić information content (AvgIpc) is 3.19. The van der Waals surface area contributed by atoms with Gasteiger partial charge in [0.15, 0.2) is 5.78 Å². The van der Waals surface area contributed by atoms with Crippen molar-refractivity contribution < 1.29 is 15.0 Å². The Morgan fingerprint density at radius 1 is 1.42 bits per heavy atom. The molecule has 3 rings (SSSR count). The van der Waals surface area contributed by atoms with Gasteiger partial charge < -0.3 is 15.2 Å². The fraction of sp³-hybridized carbons (Fsp3) is 0.294. The molecule has 9 heteroatoms. The number of tetrazole rings is 1. The molecule has 0 saturated carbocycles. The van der Waals surface area contributed by atoms with Crippen molar-refractivity contribution in [3.8, 4) is 11.5 Å². The second-order valence-electron chi connectivity index (χ2n) is 5.86. The number of hydrogen-bond acceptors (Lipinski definition) is 6. The van der Waals surface area contributed by atoms with E-state index in [1.54, 1.807) is 32.0 Å². The van der Waals surface area contributed by atoms with E-state index >= 15 is 0 Å². The highest BCUT2D eigenvalue weighted by Crippen LogP contribution is 2.31. The van der Waals surface area contributed by atoms with Gasteiger partial charge in [0.25, 0.3) is 0 Å². The van der Waals surface area contributed by atoms with Crippen LogP contribution in [0, 0.1) is 6.92 Å². The number of hydrogen-bond donors (Lipinski definition) is 3. The molecule has 3 N–H and O–H groups in total. The van der Waals surface area contributed by atoms with Crippen molar-refractivity contribution in [2.24, 2.45) is 0 Å². The van der Waals surface area contributed by atoms with Crippen LogP contribution in [0.15, 0.2) is 28.7 Å². The topological polar surface area (TPSA) is 117 Å². The van der Waals surface area contributed by atoms with E-state index in [0.29, 0.717) is 33.9 Å². The van der Waals surface area contributed by atoms with Crippen LogP contribution in [-0.4, -0.2) is 47.8 Å². The van der Waals surface area contributed by atoms with E-state index < -0.39 is 6.10 Å². The number of benzene rings is 1. The number of rotatable bonds is 6. The number of nitrogens with zero attached hydrogens (tertiary/aromatic N) is 4. The normalized spacial score (nSPS) is 12.3. The fourth-order valence-electron chi connectivity index (χ4n) is 2.75. The van der Waals surface area contributed by atoms with Gasteiger partial charge in [-0.2, -0.15) is 4.80 Å². The summed E-state index contributed by atoms with van der Waals surface area (Å²) in [6.07, 6.45) is -0.874. The smallest absolute Gasteiger partial charge is 0.221 e. The molecular formula is C17H18BrN5O3. The summed E-state index contributed by atoms with van der Waals surface area (Å²) in [5.41, 5.74) is 2.46. The number of aliphatic hydroxyl groups is 2. The van der Waals surface area contributed by atoms with Crippen molar-refractivity contribution in [1.29, 1.82) is 0 Å². The van der Waals surface area contributed by atoms with E-state index in [0.717, 1.165) is 4.47 Å². The Morgan fingerprint density at radius 3 is 2.85 bits per heavy atom. The molecule has 0 bridgehead atoms. The molecule has 26 heavy (non-hydrogen) atoms. The third-order valence-corrected chi connectivity index (χ3v) is 4.48. The van der Waals surface area contributed by atoms with Gasteiger partial charge in [0.1, 0.15) is 0 Å². The zero-order valence-corrected chi connectivity index (χ0v) is 15.9. The van der Waals surface area contributed by atoms with Crippen LogP contribution in [0.25, 0.3) is 11.5 Å². The Kier molecular flexibility index (Phi) is 5.30. The van der Waals surface area contributed by atoms with Gasteiger partial charge in [-0.15, -0.1) is 10.2 Å². The third-order valence-electron chi connectivity index (χ3n) is 3.99. The van der Waals surface area contributed by atoms with Gasteiger partial charge in [-0.25, -0.2) is 0 Å². The number of aliphatic hydroxyl groups excluding tert-OH is 2. The molecule has 0 amide bonds. The van der Waals surface area contributed by atoms with Crippen LogP contribution in [0.3, 0.4) is 0 Å². The van der Waals surface area contributed by atoms with E-state index in [4.69, 9.17) is 5.11 Å². The number of carbonyl (C=O) groups excluding carboxylic acids is 1. The lowest BCUT2D eigenvalue weighted by atomic mass is 9.98. The zero-order valence-electron chi connectivity index (χ0n) is 14.3. The quantitative estimate of drug-likeness (QED) is 0.526. The average molecular weight is 420 g/mol. The summed E-state index contributed by atoms with van der Waals surface area (Å²) >= 11 is 3.37. The van der Waals surface area contributed by atoms with Gasteiger partial charge in [-0.05, 0) is 36.8 Å². The lowest BCUT2D eigenvalue weighted by molar-refractivity contribution is 0.103. The molecule has 8 nitrogen and oxygen atoms in total. The Bertz CT molecular complexity index is 948. The van der Waals surface area contributed by atoms with Gasteiger partial charge in [0, 0.05) is 15.6 Å². The highest BCUT2D eigenvalue weighted by molar-refractivity contribution is 9.10. The van der Waals surface area contributed by atoms with Crippen LogP contribution in [0.2, 0.25) is 0 Å². The van der Waals surface area contributed by atoms with Crippen LogP contribution < -0.4 is 0 Å². The first-order valence-electron chi connectivity index (χ1n) is 8.02. The molecule has 1 unspecified atom stereocenters. The first-order valence-corrected chi connectivity index (χ1v) is 8.81. The summed E-state index contributed by atoms with van der Waals surface area (Å²) in [5, 5.41) is 31.1. The highest BCUT2D eigenvalue weighted by atomic mass is 79.9. The monoisotopic (exact) mass is 419 g/mol. The molecule has 136 valence electrons. The summed E-state index contributed by atoms with van der Waals surface area (Å²) in [5.74, 6) is 0.0936. The SMILES string of the molecule is Cc1c(-c2nnn(CCO)n2)[nH]c(C(C)O)c1C(=O)c1cccc(Br)c1. The summed E-state index contributed by atoms with van der Waals surface area (Å²) < 4.78 is 0.795. The predicted molar refractivity (Wildman–Crippen MR) is 97.6 cm³/mol. The number of ketones is 1. The van der Waals surface area contributed by atoms with Crippen LogP contribution in [-0.2, 0) is 6.54 Å². The molecule has 0 aliphatic rings. The van der Waals surface area contributed by atoms with Crippen molar-refractivity contribution in [3.63, 3.8) is 0 Å². The van der Waals surface area contributed by atoms with Gasteiger partial charge in [-0.3, -0.25) is 4.79 Å². The molecular weight excluding hydrogens is 402 g/mol. The first kappa shape index (κ1) is 18.4. The number of aromatic nitrogens is 5. The molecule has 1 atom stereocenters. The number of aromatic amines is 1. The number of carbonyl (C=O) groups is 1. The molecule has 3 aromatic rings. The van der Waals surface area contributed by atoms with E-state index in [9.17, 15) is 9.90 Å². The van der Waals surface area contributed by atoms with Crippen molar-refractivity contribution in [2.45, 2.75) is 26.5 Å². The first-order chi connectivity index (χ1) is 12.4. The molecule has 0 spiro atoms. The Hall–Kier alpha value is -2.36. The van der Waals surface area contributed by atoms with Crippen molar-refractivity contribution in [2.75, 3.05) is 6.61 Å². The van der Waals surface area contributed by atoms with Crippen molar-refractivity contribution in [1.82, 2.24) is 25.2 Å². The fourth-order valence-corrected chi connectivity index (χ4v) is 3.15.